The molecule has 2 aromatic rings. The standard InChI is InChI=1S/C16H12Cl2N2O/c1-16(10-19,11-6-8-12(17)9-7-11)20-15(21)13-4-2-3-5-14(13)18/h2-9H,1H3,(H,20,21). The molecule has 0 heterocycles. The van der Waals surface area contributed by atoms with E-state index < -0.39 is 11.4 Å². The molecule has 1 N–H and O–H groups in total. The number of hydrogen-bond donors (Lipinski definition) is 1. The van der Waals surface area contributed by atoms with Crippen LogP contribution in [-0.4, -0.2) is 5.91 Å². The molecular formula is C16H12Cl2N2O. The highest BCUT2D eigenvalue weighted by Gasteiger charge is 2.29. The molecule has 106 valence electrons. The molecule has 0 saturated carbocycles. The van der Waals surface area contributed by atoms with Crippen molar-refractivity contribution in [1.29, 1.82) is 5.26 Å². The second-order valence-electron chi connectivity index (χ2n) is 4.68. The molecule has 0 radical (unpaired) electrons. The predicted octanol–water partition coefficient (Wildman–Crippen LogP) is 4.16. The van der Waals surface area contributed by atoms with Gasteiger partial charge in [0, 0.05) is 5.02 Å². The lowest BCUT2D eigenvalue weighted by molar-refractivity contribution is 0.0924. The molecule has 0 aliphatic heterocycles. The lowest BCUT2D eigenvalue weighted by atomic mass is 9.93. The van der Waals surface area contributed by atoms with Crippen molar-refractivity contribution in [3.8, 4) is 6.07 Å². The Morgan fingerprint density at radius 2 is 1.76 bits per heavy atom. The molecule has 21 heavy (non-hydrogen) atoms. The summed E-state index contributed by atoms with van der Waals surface area (Å²) in [5.74, 6) is -0.403. The van der Waals surface area contributed by atoms with Crippen LogP contribution in [0.1, 0.15) is 22.8 Å². The number of nitriles is 1. The van der Waals surface area contributed by atoms with Gasteiger partial charge in [-0.25, -0.2) is 0 Å². The highest BCUT2D eigenvalue weighted by molar-refractivity contribution is 6.33. The molecule has 2 aromatic carbocycles. The highest BCUT2D eigenvalue weighted by atomic mass is 35.5. The number of halogens is 2. The van der Waals surface area contributed by atoms with Crippen LogP contribution >= 0.6 is 23.2 Å². The second kappa shape index (κ2) is 6.17. The average molecular weight is 319 g/mol. The summed E-state index contributed by atoms with van der Waals surface area (Å²) in [4.78, 5) is 12.3. The summed E-state index contributed by atoms with van der Waals surface area (Å²) < 4.78 is 0. The second-order valence-corrected chi connectivity index (χ2v) is 5.52. The highest BCUT2D eigenvalue weighted by Crippen LogP contribution is 2.23. The average Bonchev–Trinajstić information content (AvgIpc) is 2.48. The Bertz CT molecular complexity index is 707. The molecule has 1 amide bonds. The van der Waals surface area contributed by atoms with Gasteiger partial charge in [-0.15, -0.1) is 0 Å². The van der Waals surface area contributed by atoms with Crippen molar-refractivity contribution in [1.82, 2.24) is 5.32 Å². The molecular weight excluding hydrogens is 307 g/mol. The topological polar surface area (TPSA) is 52.9 Å². The predicted molar refractivity (Wildman–Crippen MR) is 83.3 cm³/mol. The van der Waals surface area contributed by atoms with Gasteiger partial charge in [0.2, 0.25) is 0 Å². The SMILES string of the molecule is CC(C#N)(NC(=O)c1ccccc1Cl)c1ccc(Cl)cc1. The van der Waals surface area contributed by atoms with Crippen LogP contribution in [-0.2, 0) is 5.54 Å². The first-order chi connectivity index (χ1) is 9.96. The lowest BCUT2D eigenvalue weighted by Gasteiger charge is -2.24. The Balaban J connectivity index is 2.31. The zero-order valence-electron chi connectivity index (χ0n) is 11.2. The number of benzene rings is 2. The summed E-state index contributed by atoms with van der Waals surface area (Å²) in [6, 6.07) is 15.6. The lowest BCUT2D eigenvalue weighted by Crippen LogP contribution is -2.42. The maximum absolute atomic E-state index is 12.3. The fourth-order valence-corrected chi connectivity index (χ4v) is 2.24. The van der Waals surface area contributed by atoms with Crippen molar-refractivity contribution in [2.75, 3.05) is 0 Å². The molecule has 0 aliphatic carbocycles. The summed E-state index contributed by atoms with van der Waals surface area (Å²) >= 11 is 11.8. The number of carbonyl (C=O) groups is 1. The maximum Gasteiger partial charge on any atom is 0.254 e. The van der Waals surface area contributed by atoms with Gasteiger partial charge in [-0.2, -0.15) is 5.26 Å². The van der Waals surface area contributed by atoms with Gasteiger partial charge in [0.05, 0.1) is 16.7 Å². The van der Waals surface area contributed by atoms with Gasteiger partial charge in [-0.1, -0.05) is 47.5 Å². The molecule has 3 nitrogen and oxygen atoms in total. The molecule has 0 bridgehead atoms. The number of rotatable bonds is 3. The van der Waals surface area contributed by atoms with Crippen molar-refractivity contribution in [3.63, 3.8) is 0 Å². The third kappa shape index (κ3) is 3.36. The van der Waals surface area contributed by atoms with E-state index in [1.807, 2.05) is 0 Å². The van der Waals surface area contributed by atoms with E-state index >= 15 is 0 Å². The minimum atomic E-state index is -1.17. The zero-order chi connectivity index (χ0) is 15.5. The molecule has 0 saturated heterocycles. The van der Waals surface area contributed by atoms with E-state index in [-0.39, 0.29) is 0 Å². The van der Waals surface area contributed by atoms with Crippen LogP contribution in [0.15, 0.2) is 48.5 Å². The Hall–Kier alpha value is -2.02. The number of nitrogens with one attached hydrogen (secondary N) is 1. The Morgan fingerprint density at radius 3 is 2.33 bits per heavy atom. The van der Waals surface area contributed by atoms with Crippen molar-refractivity contribution < 1.29 is 4.79 Å². The van der Waals surface area contributed by atoms with Crippen molar-refractivity contribution in [2.24, 2.45) is 0 Å². The van der Waals surface area contributed by atoms with Gasteiger partial charge in [-0.3, -0.25) is 4.79 Å². The van der Waals surface area contributed by atoms with Crippen LogP contribution in [0.25, 0.3) is 0 Å². The minimum Gasteiger partial charge on any atom is -0.330 e. The smallest absolute Gasteiger partial charge is 0.254 e. The number of hydrogen-bond acceptors (Lipinski definition) is 2. The Labute approximate surface area is 133 Å². The summed E-state index contributed by atoms with van der Waals surface area (Å²) in [7, 11) is 0. The number of nitrogens with zero attached hydrogens (tertiary/aromatic N) is 1. The van der Waals surface area contributed by atoms with Crippen LogP contribution in [0.2, 0.25) is 10.0 Å². The Kier molecular flexibility index (Phi) is 4.52. The molecule has 0 spiro atoms. The van der Waals surface area contributed by atoms with Crippen LogP contribution in [0.3, 0.4) is 0 Å². The molecule has 0 aliphatic rings. The summed E-state index contributed by atoms with van der Waals surface area (Å²) in [6.07, 6.45) is 0. The van der Waals surface area contributed by atoms with E-state index in [0.29, 0.717) is 21.2 Å². The van der Waals surface area contributed by atoms with E-state index in [4.69, 9.17) is 23.2 Å². The Morgan fingerprint density at radius 1 is 1.14 bits per heavy atom. The first-order valence-electron chi connectivity index (χ1n) is 6.20. The van der Waals surface area contributed by atoms with E-state index in [1.165, 1.54) is 0 Å². The van der Waals surface area contributed by atoms with E-state index in [0.717, 1.165) is 0 Å². The molecule has 1 unspecified atom stereocenters. The largest absolute Gasteiger partial charge is 0.330 e. The molecule has 0 aromatic heterocycles. The van der Waals surface area contributed by atoms with Crippen LogP contribution in [0.5, 0.6) is 0 Å². The van der Waals surface area contributed by atoms with E-state index in [2.05, 4.69) is 11.4 Å². The van der Waals surface area contributed by atoms with Crippen molar-refractivity contribution in [3.05, 3.63) is 69.7 Å². The van der Waals surface area contributed by atoms with Gasteiger partial charge >= 0.3 is 0 Å². The molecule has 2 rings (SSSR count). The third-order valence-corrected chi connectivity index (χ3v) is 3.71. The first-order valence-corrected chi connectivity index (χ1v) is 6.96. The van der Waals surface area contributed by atoms with Crippen LogP contribution in [0.4, 0.5) is 0 Å². The maximum atomic E-state index is 12.3. The van der Waals surface area contributed by atoms with E-state index in [9.17, 15) is 10.1 Å². The fraction of sp³-hybridized carbons (Fsp3) is 0.125. The zero-order valence-corrected chi connectivity index (χ0v) is 12.7. The number of amides is 1. The molecule has 1 atom stereocenters. The van der Waals surface area contributed by atoms with Crippen molar-refractivity contribution in [2.45, 2.75) is 12.5 Å². The first kappa shape index (κ1) is 15.4. The minimum absolute atomic E-state index is 0.328. The third-order valence-electron chi connectivity index (χ3n) is 3.13. The van der Waals surface area contributed by atoms with Crippen LogP contribution in [0, 0.1) is 11.3 Å². The van der Waals surface area contributed by atoms with Gasteiger partial charge < -0.3 is 5.32 Å². The quantitative estimate of drug-likeness (QED) is 0.923. The van der Waals surface area contributed by atoms with Crippen molar-refractivity contribution >= 4 is 29.1 Å². The summed E-state index contributed by atoms with van der Waals surface area (Å²) in [5, 5.41) is 13.1. The van der Waals surface area contributed by atoms with Gasteiger partial charge in [-0.05, 0) is 36.8 Å². The van der Waals surface area contributed by atoms with E-state index in [1.54, 1.807) is 55.5 Å². The fourth-order valence-electron chi connectivity index (χ4n) is 1.89. The molecule has 0 fully saturated rings. The monoisotopic (exact) mass is 318 g/mol. The van der Waals surface area contributed by atoms with Gasteiger partial charge in [0.25, 0.3) is 5.91 Å². The van der Waals surface area contributed by atoms with Gasteiger partial charge in [0.1, 0.15) is 0 Å². The summed E-state index contributed by atoms with van der Waals surface area (Å²) in [6.45, 7) is 1.63. The molecule has 5 heteroatoms. The normalized spacial score (nSPS) is 13.0. The number of carbonyl (C=O) groups excluding carboxylic acids is 1. The van der Waals surface area contributed by atoms with Crippen LogP contribution < -0.4 is 5.32 Å². The summed E-state index contributed by atoms with van der Waals surface area (Å²) in [5.41, 5.74) is -0.190. The van der Waals surface area contributed by atoms with Gasteiger partial charge in [0.15, 0.2) is 5.54 Å².